The Bertz CT molecular complexity index is 125. The molecule has 0 aromatic carbocycles. The van der Waals surface area contributed by atoms with E-state index in [-0.39, 0.29) is 28.0 Å². The van der Waals surface area contributed by atoms with Crippen molar-refractivity contribution in [2.24, 2.45) is 0 Å². The van der Waals surface area contributed by atoms with E-state index in [0.29, 0.717) is 0 Å². The molecule has 0 rings (SSSR count). The molecule has 0 saturated carbocycles. The van der Waals surface area contributed by atoms with E-state index in [4.69, 9.17) is 9.47 Å². The zero-order valence-corrected chi connectivity index (χ0v) is 10.7. The van der Waals surface area contributed by atoms with Crippen molar-refractivity contribution in [2.75, 3.05) is 0 Å². The molecule has 0 heterocycles. The van der Waals surface area contributed by atoms with E-state index >= 15 is 0 Å². The van der Waals surface area contributed by atoms with Crippen LogP contribution in [0.1, 0.15) is 27.7 Å². The van der Waals surface area contributed by atoms with Crippen LogP contribution >= 0.6 is 0 Å². The molecule has 0 bridgehead atoms. The summed E-state index contributed by atoms with van der Waals surface area (Å²) >= 11 is 0. The molecule has 0 amide bonds. The predicted molar refractivity (Wildman–Crippen MR) is 59.8 cm³/mol. The van der Waals surface area contributed by atoms with E-state index in [0.717, 1.165) is 6.04 Å². The smallest absolute Gasteiger partial charge is 0.155 e. The zero-order valence-electron chi connectivity index (χ0n) is 9.25. The molecule has 0 aromatic heterocycles. The molecular weight excluding hydrogens is 180 g/mol. The second kappa shape index (κ2) is 7.30. The maximum absolute atomic E-state index is 5.63. The third-order valence-corrected chi connectivity index (χ3v) is 2.67. The maximum Gasteiger partial charge on any atom is 0.155 e. The summed E-state index contributed by atoms with van der Waals surface area (Å²) in [7, 11) is -0.198. The fourth-order valence-electron chi connectivity index (χ4n) is 1.03. The minimum absolute atomic E-state index is 0.0235. The SMILES string of the molecule is C=C[SiH2]CC(OC(C)C)OC(C)C. The van der Waals surface area contributed by atoms with Crippen LogP contribution in [0.15, 0.2) is 12.3 Å². The standard InChI is InChI=1S/C10H22O2Si/c1-6-13-7-10(11-8(2)3)12-9(4)5/h6,8-10H,1,7,13H2,2-5H3. The van der Waals surface area contributed by atoms with Crippen molar-refractivity contribution in [3.05, 3.63) is 12.3 Å². The Hall–Kier alpha value is -0.123. The van der Waals surface area contributed by atoms with Crippen molar-refractivity contribution in [3.8, 4) is 0 Å². The molecule has 3 heteroatoms. The molecular formula is C10H22O2Si. The highest BCUT2D eigenvalue weighted by molar-refractivity contribution is 6.41. The molecule has 0 radical (unpaired) electrons. The first-order chi connectivity index (χ1) is 6.06. The monoisotopic (exact) mass is 202 g/mol. The molecule has 0 saturated heterocycles. The normalized spacial score (nSPS) is 12.5. The van der Waals surface area contributed by atoms with Crippen molar-refractivity contribution in [3.63, 3.8) is 0 Å². The minimum atomic E-state index is -0.198. The van der Waals surface area contributed by atoms with Crippen molar-refractivity contribution in [1.82, 2.24) is 0 Å². The third-order valence-electron chi connectivity index (χ3n) is 1.45. The van der Waals surface area contributed by atoms with Crippen LogP contribution in [-0.4, -0.2) is 28.0 Å². The average Bonchev–Trinajstić information content (AvgIpc) is 1.98. The molecule has 0 aliphatic carbocycles. The highest BCUT2D eigenvalue weighted by Crippen LogP contribution is 2.07. The highest BCUT2D eigenvalue weighted by Gasteiger charge is 2.12. The Morgan fingerprint density at radius 3 is 1.92 bits per heavy atom. The quantitative estimate of drug-likeness (QED) is 0.464. The van der Waals surface area contributed by atoms with Gasteiger partial charge in [-0.25, -0.2) is 0 Å². The van der Waals surface area contributed by atoms with Crippen molar-refractivity contribution in [2.45, 2.75) is 52.2 Å². The van der Waals surface area contributed by atoms with Gasteiger partial charge in [0.15, 0.2) is 6.29 Å². The Kier molecular flexibility index (Phi) is 7.23. The van der Waals surface area contributed by atoms with Gasteiger partial charge in [0.2, 0.25) is 0 Å². The van der Waals surface area contributed by atoms with Gasteiger partial charge in [0.25, 0.3) is 0 Å². The number of ether oxygens (including phenoxy) is 2. The summed E-state index contributed by atoms with van der Waals surface area (Å²) in [6.07, 6.45) is 0.454. The van der Waals surface area contributed by atoms with Gasteiger partial charge in [0.05, 0.1) is 21.7 Å². The number of hydrogen-bond donors (Lipinski definition) is 0. The van der Waals surface area contributed by atoms with Crippen LogP contribution in [0.3, 0.4) is 0 Å². The zero-order chi connectivity index (χ0) is 10.3. The van der Waals surface area contributed by atoms with Crippen molar-refractivity contribution in [1.29, 1.82) is 0 Å². The van der Waals surface area contributed by atoms with Gasteiger partial charge < -0.3 is 9.47 Å². The van der Waals surface area contributed by atoms with Gasteiger partial charge in [-0.05, 0) is 33.7 Å². The van der Waals surface area contributed by atoms with Crippen molar-refractivity contribution < 1.29 is 9.47 Å². The van der Waals surface area contributed by atoms with Crippen LogP contribution < -0.4 is 0 Å². The van der Waals surface area contributed by atoms with E-state index in [9.17, 15) is 0 Å². The Labute approximate surface area is 84.1 Å². The van der Waals surface area contributed by atoms with E-state index in [1.54, 1.807) is 0 Å². The summed E-state index contributed by atoms with van der Waals surface area (Å²) in [4.78, 5) is 0. The van der Waals surface area contributed by atoms with Gasteiger partial charge >= 0.3 is 0 Å². The van der Waals surface area contributed by atoms with E-state index in [2.05, 4.69) is 6.58 Å². The molecule has 13 heavy (non-hydrogen) atoms. The molecule has 0 N–H and O–H groups in total. The van der Waals surface area contributed by atoms with E-state index < -0.39 is 0 Å². The molecule has 0 aromatic rings. The summed E-state index contributed by atoms with van der Waals surface area (Å²) in [5, 5.41) is 0. The van der Waals surface area contributed by atoms with Gasteiger partial charge in [-0.3, -0.25) is 0 Å². The second-order valence-corrected chi connectivity index (χ2v) is 5.40. The molecule has 0 unspecified atom stereocenters. The van der Waals surface area contributed by atoms with Crippen LogP contribution in [0.4, 0.5) is 0 Å². The Balaban J connectivity index is 3.79. The van der Waals surface area contributed by atoms with Crippen molar-refractivity contribution >= 4 is 9.52 Å². The topological polar surface area (TPSA) is 18.5 Å². The summed E-state index contributed by atoms with van der Waals surface area (Å²) in [6, 6.07) is 1.03. The van der Waals surface area contributed by atoms with Gasteiger partial charge in [-0.2, -0.15) is 0 Å². The molecule has 0 aliphatic rings. The molecule has 0 atom stereocenters. The lowest BCUT2D eigenvalue weighted by Crippen LogP contribution is -2.25. The summed E-state index contributed by atoms with van der Waals surface area (Å²) in [6.45, 7) is 11.9. The van der Waals surface area contributed by atoms with Gasteiger partial charge in [0.1, 0.15) is 0 Å². The van der Waals surface area contributed by atoms with Crippen LogP contribution in [0.25, 0.3) is 0 Å². The Morgan fingerprint density at radius 2 is 1.62 bits per heavy atom. The van der Waals surface area contributed by atoms with Gasteiger partial charge in [-0.15, -0.1) is 12.3 Å². The molecule has 0 aliphatic heterocycles. The van der Waals surface area contributed by atoms with Crippen LogP contribution in [0, 0.1) is 0 Å². The van der Waals surface area contributed by atoms with Crippen LogP contribution in [-0.2, 0) is 9.47 Å². The lowest BCUT2D eigenvalue weighted by Gasteiger charge is -2.22. The minimum Gasteiger partial charge on any atom is -0.350 e. The third kappa shape index (κ3) is 8.21. The summed E-state index contributed by atoms with van der Waals surface area (Å²) in [5.41, 5.74) is 2.03. The lowest BCUT2D eigenvalue weighted by atomic mass is 10.4. The first-order valence-electron chi connectivity index (χ1n) is 4.98. The maximum atomic E-state index is 5.63. The Morgan fingerprint density at radius 1 is 1.15 bits per heavy atom. The molecule has 0 spiro atoms. The predicted octanol–water partition coefficient (Wildman–Crippen LogP) is 1.89. The summed E-state index contributed by atoms with van der Waals surface area (Å²) < 4.78 is 11.3. The van der Waals surface area contributed by atoms with Gasteiger partial charge in [0, 0.05) is 0 Å². The fourth-order valence-corrected chi connectivity index (χ4v) is 1.81. The largest absolute Gasteiger partial charge is 0.350 e. The molecule has 0 fully saturated rings. The first kappa shape index (κ1) is 12.9. The molecule has 78 valence electrons. The van der Waals surface area contributed by atoms with Crippen LogP contribution in [0.5, 0.6) is 0 Å². The van der Waals surface area contributed by atoms with E-state index in [1.807, 2.05) is 33.4 Å². The lowest BCUT2D eigenvalue weighted by molar-refractivity contribution is -0.169. The van der Waals surface area contributed by atoms with E-state index in [1.165, 1.54) is 0 Å². The number of rotatable bonds is 7. The first-order valence-corrected chi connectivity index (χ1v) is 6.79. The van der Waals surface area contributed by atoms with Gasteiger partial charge in [-0.1, -0.05) is 0 Å². The summed E-state index contributed by atoms with van der Waals surface area (Å²) in [5.74, 6) is 0. The number of hydrogen-bond acceptors (Lipinski definition) is 2. The second-order valence-electron chi connectivity index (χ2n) is 3.67. The average molecular weight is 202 g/mol. The highest BCUT2D eigenvalue weighted by atomic mass is 28.2. The fraction of sp³-hybridized carbons (Fsp3) is 0.800. The van der Waals surface area contributed by atoms with Crippen LogP contribution in [0.2, 0.25) is 6.04 Å². The molecule has 2 nitrogen and oxygen atoms in total.